The van der Waals surface area contributed by atoms with Crippen LogP contribution in [0.15, 0.2) is 16.5 Å². The third-order valence-electron chi connectivity index (χ3n) is 4.18. The fourth-order valence-corrected chi connectivity index (χ4v) is 3.35. The first-order chi connectivity index (χ1) is 9.00. The minimum Gasteiger partial charge on any atom is -0.438 e. The molecular formula is C14H16Cl2N2O. The lowest BCUT2D eigenvalue weighted by atomic mass is 9.72. The number of nitrogens with two attached hydrogens (primary N) is 1. The highest BCUT2D eigenvalue weighted by Crippen LogP contribution is 2.40. The molecule has 0 amide bonds. The first kappa shape index (κ1) is 13.2. The molecule has 3 rings (SSSR count). The SMILES string of the molecule is CC1(c2nc3cc(Cl)cc(Cl)c3o2)CCCCC1N. The number of hydrogen-bond acceptors (Lipinski definition) is 3. The summed E-state index contributed by atoms with van der Waals surface area (Å²) in [5.41, 5.74) is 7.36. The van der Waals surface area contributed by atoms with Crippen molar-refractivity contribution in [1.82, 2.24) is 4.98 Å². The van der Waals surface area contributed by atoms with E-state index in [4.69, 9.17) is 33.4 Å². The molecule has 0 radical (unpaired) electrons. The van der Waals surface area contributed by atoms with E-state index in [2.05, 4.69) is 11.9 Å². The Morgan fingerprint density at radius 2 is 2.16 bits per heavy atom. The van der Waals surface area contributed by atoms with E-state index in [1.807, 2.05) is 0 Å². The van der Waals surface area contributed by atoms with Gasteiger partial charge in [0.2, 0.25) is 5.89 Å². The molecule has 0 aliphatic heterocycles. The van der Waals surface area contributed by atoms with E-state index in [0.29, 0.717) is 27.0 Å². The largest absolute Gasteiger partial charge is 0.438 e. The third kappa shape index (κ3) is 2.14. The summed E-state index contributed by atoms with van der Waals surface area (Å²) in [5.74, 6) is 0.680. The van der Waals surface area contributed by atoms with Gasteiger partial charge in [0.15, 0.2) is 5.58 Å². The van der Waals surface area contributed by atoms with Gasteiger partial charge < -0.3 is 10.2 Å². The minimum absolute atomic E-state index is 0.0727. The maximum Gasteiger partial charge on any atom is 0.203 e. The molecule has 1 fully saturated rings. The van der Waals surface area contributed by atoms with Gasteiger partial charge in [-0.1, -0.05) is 36.0 Å². The number of fused-ring (bicyclic) bond motifs is 1. The number of halogens is 2. The van der Waals surface area contributed by atoms with Crippen LogP contribution in [0, 0.1) is 0 Å². The van der Waals surface area contributed by atoms with Gasteiger partial charge in [0, 0.05) is 11.1 Å². The maximum atomic E-state index is 6.28. The second kappa shape index (κ2) is 4.65. The number of benzene rings is 1. The van der Waals surface area contributed by atoms with Crippen molar-refractivity contribution >= 4 is 34.3 Å². The highest BCUT2D eigenvalue weighted by atomic mass is 35.5. The number of hydrogen-bond donors (Lipinski definition) is 1. The smallest absolute Gasteiger partial charge is 0.203 e. The molecule has 0 spiro atoms. The molecule has 19 heavy (non-hydrogen) atoms. The fraction of sp³-hybridized carbons (Fsp3) is 0.500. The Morgan fingerprint density at radius 3 is 2.89 bits per heavy atom. The van der Waals surface area contributed by atoms with Crippen molar-refractivity contribution in [2.45, 2.75) is 44.1 Å². The summed E-state index contributed by atoms with van der Waals surface area (Å²) in [6, 6.07) is 3.51. The predicted octanol–water partition coefficient (Wildman–Crippen LogP) is 4.29. The van der Waals surface area contributed by atoms with Crippen LogP contribution in [0.3, 0.4) is 0 Å². The molecule has 2 aromatic rings. The van der Waals surface area contributed by atoms with Crippen molar-refractivity contribution in [1.29, 1.82) is 0 Å². The highest BCUT2D eigenvalue weighted by molar-refractivity contribution is 6.37. The molecule has 2 atom stereocenters. The van der Waals surface area contributed by atoms with E-state index in [9.17, 15) is 0 Å². The molecule has 0 bridgehead atoms. The Kier molecular flexibility index (Phi) is 3.24. The van der Waals surface area contributed by atoms with Gasteiger partial charge in [-0.15, -0.1) is 0 Å². The molecule has 1 aliphatic rings. The van der Waals surface area contributed by atoms with Gasteiger partial charge in [0.05, 0.1) is 10.4 Å². The lowest BCUT2D eigenvalue weighted by Gasteiger charge is -2.36. The van der Waals surface area contributed by atoms with E-state index in [1.54, 1.807) is 12.1 Å². The van der Waals surface area contributed by atoms with Crippen LogP contribution in [0.1, 0.15) is 38.5 Å². The lowest BCUT2D eigenvalue weighted by Crippen LogP contribution is -2.45. The van der Waals surface area contributed by atoms with Crippen molar-refractivity contribution in [3.8, 4) is 0 Å². The summed E-state index contributed by atoms with van der Waals surface area (Å²) in [7, 11) is 0. The fourth-order valence-electron chi connectivity index (χ4n) is 2.83. The molecule has 1 aliphatic carbocycles. The number of aromatic nitrogens is 1. The zero-order chi connectivity index (χ0) is 13.6. The number of rotatable bonds is 1. The standard InChI is InChI=1S/C14H16Cl2N2O/c1-14(5-3-2-4-11(14)17)13-18-10-7-8(15)6-9(16)12(10)19-13/h6-7,11H,2-5,17H2,1H3. The summed E-state index contributed by atoms with van der Waals surface area (Å²) < 4.78 is 5.89. The summed E-state index contributed by atoms with van der Waals surface area (Å²) in [4.78, 5) is 4.56. The minimum atomic E-state index is -0.215. The lowest BCUT2D eigenvalue weighted by molar-refractivity contribution is 0.226. The molecule has 2 unspecified atom stereocenters. The predicted molar refractivity (Wildman–Crippen MR) is 77.8 cm³/mol. The first-order valence-electron chi connectivity index (χ1n) is 6.52. The normalized spacial score (nSPS) is 27.9. The van der Waals surface area contributed by atoms with Crippen molar-refractivity contribution in [2.24, 2.45) is 5.73 Å². The maximum absolute atomic E-state index is 6.28. The van der Waals surface area contributed by atoms with Gasteiger partial charge in [-0.25, -0.2) is 4.98 Å². The van der Waals surface area contributed by atoms with E-state index >= 15 is 0 Å². The van der Waals surface area contributed by atoms with Crippen LogP contribution < -0.4 is 5.73 Å². The Morgan fingerprint density at radius 1 is 1.37 bits per heavy atom. The zero-order valence-corrected chi connectivity index (χ0v) is 12.3. The van der Waals surface area contributed by atoms with E-state index in [0.717, 1.165) is 19.3 Å². The van der Waals surface area contributed by atoms with Crippen LogP contribution in [0.4, 0.5) is 0 Å². The quantitative estimate of drug-likeness (QED) is 0.854. The summed E-state index contributed by atoms with van der Waals surface area (Å²) in [5, 5.41) is 1.06. The average Bonchev–Trinajstić information content (AvgIpc) is 2.77. The van der Waals surface area contributed by atoms with Crippen LogP contribution >= 0.6 is 23.2 Å². The van der Waals surface area contributed by atoms with Crippen LogP contribution in [0.5, 0.6) is 0 Å². The Balaban J connectivity index is 2.12. The van der Waals surface area contributed by atoms with Gasteiger partial charge in [-0.2, -0.15) is 0 Å². The van der Waals surface area contributed by atoms with Gasteiger partial charge in [-0.3, -0.25) is 0 Å². The third-order valence-corrected chi connectivity index (χ3v) is 4.68. The molecule has 102 valence electrons. The molecule has 1 aromatic heterocycles. The summed E-state index contributed by atoms with van der Waals surface area (Å²) >= 11 is 12.1. The molecular weight excluding hydrogens is 283 g/mol. The van der Waals surface area contributed by atoms with Gasteiger partial charge in [0.25, 0.3) is 0 Å². The number of nitrogens with zero attached hydrogens (tertiary/aromatic N) is 1. The molecule has 0 saturated heterocycles. The molecule has 5 heteroatoms. The van der Waals surface area contributed by atoms with Crippen LogP contribution in [0.2, 0.25) is 10.0 Å². The molecule has 1 aromatic carbocycles. The van der Waals surface area contributed by atoms with Crippen LogP contribution in [-0.2, 0) is 5.41 Å². The highest BCUT2D eigenvalue weighted by Gasteiger charge is 2.40. The van der Waals surface area contributed by atoms with Crippen LogP contribution in [-0.4, -0.2) is 11.0 Å². The monoisotopic (exact) mass is 298 g/mol. The van der Waals surface area contributed by atoms with Gasteiger partial charge >= 0.3 is 0 Å². The zero-order valence-electron chi connectivity index (χ0n) is 10.7. The Labute approximate surface area is 122 Å². The molecule has 1 heterocycles. The van der Waals surface area contributed by atoms with Gasteiger partial charge in [0.1, 0.15) is 5.52 Å². The second-order valence-electron chi connectivity index (χ2n) is 5.52. The van der Waals surface area contributed by atoms with Crippen molar-refractivity contribution in [3.05, 3.63) is 28.1 Å². The molecule has 2 N–H and O–H groups in total. The van der Waals surface area contributed by atoms with E-state index < -0.39 is 0 Å². The topological polar surface area (TPSA) is 52.0 Å². The van der Waals surface area contributed by atoms with Crippen molar-refractivity contribution in [3.63, 3.8) is 0 Å². The molecule has 3 nitrogen and oxygen atoms in total. The van der Waals surface area contributed by atoms with Crippen molar-refractivity contribution < 1.29 is 4.42 Å². The van der Waals surface area contributed by atoms with Gasteiger partial charge in [-0.05, 0) is 31.9 Å². The Bertz CT molecular complexity index is 625. The van der Waals surface area contributed by atoms with Crippen LogP contribution in [0.25, 0.3) is 11.1 Å². The summed E-state index contributed by atoms with van der Waals surface area (Å²) in [6.45, 7) is 2.12. The molecule has 1 saturated carbocycles. The number of oxazole rings is 1. The second-order valence-corrected chi connectivity index (χ2v) is 6.37. The average molecular weight is 299 g/mol. The van der Waals surface area contributed by atoms with E-state index in [-0.39, 0.29) is 11.5 Å². The van der Waals surface area contributed by atoms with E-state index in [1.165, 1.54) is 6.42 Å². The Hall–Kier alpha value is -0.770. The summed E-state index contributed by atoms with van der Waals surface area (Å²) in [6.07, 6.45) is 4.32. The first-order valence-corrected chi connectivity index (χ1v) is 7.28. The van der Waals surface area contributed by atoms with Crippen molar-refractivity contribution in [2.75, 3.05) is 0 Å².